The summed E-state index contributed by atoms with van der Waals surface area (Å²) in [6.07, 6.45) is 3.35. The van der Waals surface area contributed by atoms with Crippen molar-refractivity contribution in [3.05, 3.63) is 42.5 Å². The SMILES string of the molecule is CC1(C)CC2CC(C)(CN2C(=O)Nc2ccc3[nH]c4nc5ccccc5nc4c3c2)C1. The molecule has 158 valence electrons. The van der Waals surface area contributed by atoms with E-state index in [1.807, 2.05) is 42.5 Å². The number of rotatable bonds is 1. The summed E-state index contributed by atoms with van der Waals surface area (Å²) in [4.78, 5) is 28.1. The number of H-pyrrole nitrogens is 1. The van der Waals surface area contributed by atoms with Crippen molar-refractivity contribution in [2.45, 2.75) is 46.1 Å². The number of para-hydroxylation sites is 2. The van der Waals surface area contributed by atoms with Gasteiger partial charge >= 0.3 is 6.03 Å². The van der Waals surface area contributed by atoms with Crippen LogP contribution >= 0.6 is 0 Å². The van der Waals surface area contributed by atoms with Crippen molar-refractivity contribution in [1.29, 1.82) is 0 Å². The van der Waals surface area contributed by atoms with E-state index in [9.17, 15) is 4.79 Å². The van der Waals surface area contributed by atoms with Crippen molar-refractivity contribution < 1.29 is 4.79 Å². The molecule has 2 aliphatic rings. The fourth-order valence-electron chi connectivity index (χ4n) is 6.22. The zero-order valence-electron chi connectivity index (χ0n) is 18.2. The lowest BCUT2D eigenvalue weighted by atomic mass is 9.65. The van der Waals surface area contributed by atoms with Gasteiger partial charge in [0.25, 0.3) is 0 Å². The Bertz CT molecular complexity index is 1360. The zero-order chi connectivity index (χ0) is 21.4. The molecule has 1 aliphatic carbocycles. The Labute approximate surface area is 181 Å². The van der Waals surface area contributed by atoms with Crippen LogP contribution in [0.5, 0.6) is 0 Å². The van der Waals surface area contributed by atoms with Crippen molar-refractivity contribution in [3.8, 4) is 0 Å². The normalized spacial score (nSPS) is 24.9. The summed E-state index contributed by atoms with van der Waals surface area (Å²) in [5, 5.41) is 4.12. The molecule has 2 unspecified atom stereocenters. The van der Waals surface area contributed by atoms with Crippen molar-refractivity contribution >= 4 is 44.8 Å². The van der Waals surface area contributed by atoms with Gasteiger partial charge in [0.15, 0.2) is 5.65 Å². The minimum absolute atomic E-state index is 0.00199. The summed E-state index contributed by atoms with van der Waals surface area (Å²) >= 11 is 0. The standard InChI is InChI=1S/C25H27N5O/c1-24(2)11-16-12-25(3,13-24)14-30(16)23(31)26-15-8-9-18-17(10-15)21-22(28-18)29-20-7-5-4-6-19(20)27-21/h4-10,16H,11-14H2,1-3H3,(H,26,31)(H,28,29). The van der Waals surface area contributed by atoms with Gasteiger partial charge in [-0.1, -0.05) is 32.9 Å². The number of benzene rings is 2. The second-order valence-electron chi connectivity index (χ2n) is 10.6. The summed E-state index contributed by atoms with van der Waals surface area (Å²) in [6, 6.07) is 14.1. The molecule has 2 bridgehead atoms. The third kappa shape index (κ3) is 3.04. The molecule has 4 aromatic rings. The van der Waals surface area contributed by atoms with Gasteiger partial charge in [-0.25, -0.2) is 14.8 Å². The van der Waals surface area contributed by atoms with Crippen LogP contribution in [0.1, 0.15) is 40.0 Å². The zero-order valence-corrected chi connectivity index (χ0v) is 18.2. The van der Waals surface area contributed by atoms with E-state index >= 15 is 0 Å². The molecule has 6 rings (SSSR count). The summed E-state index contributed by atoms with van der Waals surface area (Å²) in [5.41, 5.74) is 5.60. The van der Waals surface area contributed by atoms with E-state index in [4.69, 9.17) is 9.97 Å². The largest absolute Gasteiger partial charge is 0.338 e. The molecular formula is C25H27N5O. The van der Waals surface area contributed by atoms with Crippen LogP contribution in [0.4, 0.5) is 10.5 Å². The fraction of sp³-hybridized carbons (Fsp3) is 0.400. The van der Waals surface area contributed by atoms with Gasteiger partial charge in [0.1, 0.15) is 5.52 Å². The predicted molar refractivity (Wildman–Crippen MR) is 124 cm³/mol. The number of likely N-dealkylation sites (tertiary alicyclic amines) is 1. The molecule has 2 amide bonds. The smallest absolute Gasteiger partial charge is 0.322 e. The van der Waals surface area contributed by atoms with Crippen molar-refractivity contribution in [3.63, 3.8) is 0 Å². The van der Waals surface area contributed by atoms with Gasteiger partial charge in [0.05, 0.1) is 11.0 Å². The van der Waals surface area contributed by atoms with Crippen molar-refractivity contribution in [2.75, 3.05) is 11.9 Å². The Balaban J connectivity index is 1.33. The molecule has 0 spiro atoms. The highest BCUT2D eigenvalue weighted by atomic mass is 16.2. The van der Waals surface area contributed by atoms with Crippen LogP contribution in [-0.2, 0) is 0 Å². The second kappa shape index (κ2) is 6.19. The maximum Gasteiger partial charge on any atom is 0.322 e. The molecule has 0 radical (unpaired) electrons. The molecule has 2 aromatic heterocycles. The molecule has 6 nitrogen and oxygen atoms in total. The Kier molecular flexibility index (Phi) is 3.71. The van der Waals surface area contributed by atoms with E-state index in [1.54, 1.807) is 0 Å². The first-order valence-electron chi connectivity index (χ1n) is 11.0. The Hall–Kier alpha value is -3.15. The fourth-order valence-corrected chi connectivity index (χ4v) is 6.22. The predicted octanol–water partition coefficient (Wildman–Crippen LogP) is 5.70. The number of hydrogen-bond donors (Lipinski definition) is 2. The highest BCUT2D eigenvalue weighted by Gasteiger charge is 2.51. The number of carbonyl (C=O) groups excluding carboxylic acids is 1. The molecule has 2 fully saturated rings. The summed E-state index contributed by atoms with van der Waals surface area (Å²) in [7, 11) is 0. The Morgan fingerprint density at radius 2 is 1.87 bits per heavy atom. The molecule has 1 saturated heterocycles. The first-order valence-corrected chi connectivity index (χ1v) is 11.0. The van der Waals surface area contributed by atoms with E-state index in [1.165, 1.54) is 6.42 Å². The van der Waals surface area contributed by atoms with Crippen LogP contribution < -0.4 is 5.32 Å². The summed E-state index contributed by atoms with van der Waals surface area (Å²) in [6.45, 7) is 7.82. The van der Waals surface area contributed by atoms with Gasteiger partial charge in [-0.2, -0.15) is 0 Å². The highest BCUT2D eigenvalue weighted by molar-refractivity contribution is 6.07. The van der Waals surface area contributed by atoms with E-state index in [2.05, 4.69) is 36.0 Å². The quantitative estimate of drug-likeness (QED) is 0.420. The van der Waals surface area contributed by atoms with Gasteiger partial charge < -0.3 is 15.2 Å². The maximum atomic E-state index is 13.2. The number of amides is 2. The molecule has 3 heterocycles. The van der Waals surface area contributed by atoms with E-state index in [0.717, 1.165) is 58.2 Å². The van der Waals surface area contributed by atoms with Crippen molar-refractivity contribution in [1.82, 2.24) is 19.9 Å². The first kappa shape index (κ1) is 18.6. The van der Waals surface area contributed by atoms with E-state index < -0.39 is 0 Å². The number of aromatic nitrogens is 3. The monoisotopic (exact) mass is 413 g/mol. The number of hydrogen-bond acceptors (Lipinski definition) is 3. The van der Waals surface area contributed by atoms with Crippen LogP contribution in [0.15, 0.2) is 42.5 Å². The minimum Gasteiger partial charge on any atom is -0.338 e. The van der Waals surface area contributed by atoms with E-state index in [-0.39, 0.29) is 16.9 Å². The van der Waals surface area contributed by atoms with Gasteiger partial charge in [-0.05, 0) is 60.4 Å². The number of fused-ring (bicyclic) bond motifs is 6. The number of aromatic amines is 1. The van der Waals surface area contributed by atoms with Crippen LogP contribution in [0.3, 0.4) is 0 Å². The number of nitrogens with zero attached hydrogens (tertiary/aromatic N) is 3. The molecular weight excluding hydrogens is 386 g/mol. The number of urea groups is 1. The average molecular weight is 414 g/mol. The van der Waals surface area contributed by atoms with Gasteiger partial charge in [-0.3, -0.25) is 0 Å². The lowest BCUT2D eigenvalue weighted by molar-refractivity contribution is 0.130. The van der Waals surface area contributed by atoms with Crippen molar-refractivity contribution in [2.24, 2.45) is 10.8 Å². The number of carbonyl (C=O) groups is 1. The molecule has 1 aliphatic heterocycles. The number of nitrogens with one attached hydrogen (secondary N) is 2. The molecule has 2 atom stereocenters. The van der Waals surface area contributed by atoms with Gasteiger partial charge in [0, 0.05) is 29.2 Å². The topological polar surface area (TPSA) is 73.9 Å². The molecule has 6 heteroatoms. The van der Waals surface area contributed by atoms with Gasteiger partial charge in [-0.15, -0.1) is 0 Å². The number of anilines is 1. The van der Waals surface area contributed by atoms with Crippen LogP contribution in [0.2, 0.25) is 0 Å². The maximum absolute atomic E-state index is 13.2. The summed E-state index contributed by atoms with van der Waals surface area (Å²) < 4.78 is 0. The highest BCUT2D eigenvalue weighted by Crippen LogP contribution is 2.52. The van der Waals surface area contributed by atoms with Crippen LogP contribution in [-0.4, -0.2) is 38.5 Å². The molecule has 31 heavy (non-hydrogen) atoms. The lowest BCUT2D eigenvalue weighted by Gasteiger charge is -2.39. The van der Waals surface area contributed by atoms with Crippen LogP contribution in [0.25, 0.3) is 33.1 Å². The second-order valence-corrected chi connectivity index (χ2v) is 10.6. The van der Waals surface area contributed by atoms with E-state index in [0.29, 0.717) is 6.04 Å². The Morgan fingerprint density at radius 1 is 1.10 bits per heavy atom. The molecule has 2 aromatic carbocycles. The Morgan fingerprint density at radius 3 is 2.68 bits per heavy atom. The minimum atomic E-state index is 0.00199. The van der Waals surface area contributed by atoms with Gasteiger partial charge in [0.2, 0.25) is 0 Å². The molecule has 1 saturated carbocycles. The molecule has 2 N–H and O–H groups in total. The lowest BCUT2D eigenvalue weighted by Crippen LogP contribution is -2.40. The average Bonchev–Trinajstić information content (AvgIpc) is 3.18. The third-order valence-electron chi connectivity index (χ3n) is 7.03. The first-order chi connectivity index (χ1) is 14.8. The van der Waals surface area contributed by atoms with Crippen LogP contribution in [0, 0.1) is 10.8 Å². The third-order valence-corrected chi connectivity index (χ3v) is 7.03. The summed E-state index contributed by atoms with van der Waals surface area (Å²) in [5.74, 6) is 0.